The number of hydrogen-bond acceptors (Lipinski definition) is 4. The number of pyridine rings is 1. The highest BCUT2D eigenvalue weighted by Gasteiger charge is 2.09. The fourth-order valence-corrected chi connectivity index (χ4v) is 1.52. The lowest BCUT2D eigenvalue weighted by Crippen LogP contribution is -2.15. The van der Waals surface area contributed by atoms with Gasteiger partial charge in [-0.15, -0.1) is 0 Å². The summed E-state index contributed by atoms with van der Waals surface area (Å²) in [6.07, 6.45) is 0.430. The molecule has 7 heteroatoms. The topological polar surface area (TPSA) is 116 Å². The number of carbonyl (C=O) groups excluding carboxylic acids is 1. The highest BCUT2D eigenvalue weighted by molar-refractivity contribution is 7.89. The number of nitrogens with zero attached hydrogens (tertiary/aromatic N) is 1. The summed E-state index contributed by atoms with van der Waals surface area (Å²) in [7, 11) is -3.79. The standard InChI is InChI=1S/C8H11N3O3S/c9-7(12)5-4-6-2-1-3-8(11-6)15(10,13)14/h1-3H,4-5H2,(H2,9,12)(H2,10,13,14). The molecule has 15 heavy (non-hydrogen) atoms. The Balaban J connectivity index is 2.89. The largest absolute Gasteiger partial charge is 0.370 e. The first-order valence-electron chi connectivity index (χ1n) is 4.16. The first-order chi connectivity index (χ1) is 6.89. The van der Waals surface area contributed by atoms with Gasteiger partial charge >= 0.3 is 0 Å². The van der Waals surface area contributed by atoms with Crippen LogP contribution in [0.2, 0.25) is 0 Å². The molecule has 1 amide bonds. The summed E-state index contributed by atoms with van der Waals surface area (Å²) in [6.45, 7) is 0. The van der Waals surface area contributed by atoms with Gasteiger partial charge in [0, 0.05) is 12.1 Å². The van der Waals surface area contributed by atoms with Crippen LogP contribution in [-0.4, -0.2) is 19.3 Å². The summed E-state index contributed by atoms with van der Waals surface area (Å²) in [6, 6.07) is 4.42. The van der Waals surface area contributed by atoms with Crippen molar-refractivity contribution in [3.63, 3.8) is 0 Å². The second-order valence-corrected chi connectivity index (χ2v) is 4.49. The molecule has 0 aromatic carbocycles. The summed E-state index contributed by atoms with van der Waals surface area (Å²) < 4.78 is 21.9. The van der Waals surface area contributed by atoms with Gasteiger partial charge in [-0.25, -0.2) is 18.5 Å². The van der Waals surface area contributed by atoms with E-state index >= 15 is 0 Å². The minimum atomic E-state index is -3.79. The van der Waals surface area contributed by atoms with Crippen molar-refractivity contribution < 1.29 is 13.2 Å². The number of sulfonamides is 1. The van der Waals surface area contributed by atoms with Gasteiger partial charge in [0.05, 0.1) is 0 Å². The average Bonchev–Trinajstić information content (AvgIpc) is 2.14. The molecule has 0 radical (unpaired) electrons. The molecule has 1 aromatic rings. The van der Waals surface area contributed by atoms with E-state index < -0.39 is 15.9 Å². The summed E-state index contributed by atoms with van der Waals surface area (Å²) in [5, 5.41) is 4.70. The fraction of sp³-hybridized carbons (Fsp3) is 0.250. The number of aryl methyl sites for hydroxylation is 1. The number of carbonyl (C=O) groups is 1. The zero-order valence-electron chi connectivity index (χ0n) is 7.88. The molecule has 1 heterocycles. The number of rotatable bonds is 4. The zero-order valence-corrected chi connectivity index (χ0v) is 8.70. The molecule has 0 saturated carbocycles. The Kier molecular flexibility index (Phi) is 3.38. The highest BCUT2D eigenvalue weighted by Crippen LogP contribution is 2.05. The van der Waals surface area contributed by atoms with E-state index in [1.54, 1.807) is 6.07 Å². The van der Waals surface area contributed by atoms with E-state index in [-0.39, 0.29) is 11.4 Å². The van der Waals surface area contributed by atoms with Crippen LogP contribution in [0.1, 0.15) is 12.1 Å². The van der Waals surface area contributed by atoms with Gasteiger partial charge in [-0.05, 0) is 18.6 Å². The molecule has 0 aliphatic heterocycles. The number of primary sulfonamides is 1. The molecule has 1 rings (SSSR count). The first-order valence-corrected chi connectivity index (χ1v) is 5.71. The zero-order chi connectivity index (χ0) is 11.5. The van der Waals surface area contributed by atoms with E-state index in [4.69, 9.17) is 10.9 Å². The second-order valence-electron chi connectivity index (χ2n) is 2.98. The van der Waals surface area contributed by atoms with Crippen molar-refractivity contribution in [3.8, 4) is 0 Å². The Morgan fingerprint density at radius 2 is 2.07 bits per heavy atom. The Hall–Kier alpha value is -1.47. The lowest BCUT2D eigenvalue weighted by Gasteiger charge is -2.01. The van der Waals surface area contributed by atoms with Crippen LogP contribution in [-0.2, 0) is 21.2 Å². The normalized spacial score (nSPS) is 11.3. The minimum absolute atomic E-state index is 0.126. The van der Waals surface area contributed by atoms with E-state index in [0.29, 0.717) is 12.1 Å². The third-order valence-corrected chi connectivity index (χ3v) is 2.51. The molecule has 0 aliphatic rings. The third kappa shape index (κ3) is 3.64. The predicted octanol–water partition coefficient (Wildman–Crippen LogP) is -0.853. The monoisotopic (exact) mass is 229 g/mol. The van der Waals surface area contributed by atoms with Crippen molar-refractivity contribution in [3.05, 3.63) is 23.9 Å². The summed E-state index contributed by atoms with van der Waals surface area (Å²) in [4.78, 5) is 14.3. The number of amides is 1. The molecule has 0 atom stereocenters. The summed E-state index contributed by atoms with van der Waals surface area (Å²) in [5.41, 5.74) is 5.43. The van der Waals surface area contributed by atoms with Gasteiger partial charge < -0.3 is 5.73 Å². The Bertz CT molecular complexity index is 470. The van der Waals surface area contributed by atoms with Crippen molar-refractivity contribution in [2.45, 2.75) is 17.9 Å². The van der Waals surface area contributed by atoms with Gasteiger partial charge in [0.15, 0.2) is 5.03 Å². The molecule has 1 aromatic heterocycles. The molecule has 0 bridgehead atoms. The van der Waals surface area contributed by atoms with Crippen molar-refractivity contribution >= 4 is 15.9 Å². The predicted molar refractivity (Wildman–Crippen MR) is 53.1 cm³/mol. The number of primary amides is 1. The van der Waals surface area contributed by atoms with Crippen LogP contribution in [0, 0.1) is 0 Å². The Morgan fingerprint density at radius 1 is 1.40 bits per heavy atom. The highest BCUT2D eigenvalue weighted by atomic mass is 32.2. The maximum atomic E-state index is 10.9. The number of hydrogen-bond donors (Lipinski definition) is 2. The molecule has 0 aliphatic carbocycles. The third-order valence-electron chi connectivity index (χ3n) is 1.70. The smallest absolute Gasteiger partial charge is 0.255 e. The maximum absolute atomic E-state index is 10.9. The molecule has 0 fully saturated rings. The summed E-state index contributed by atoms with van der Waals surface area (Å²) >= 11 is 0. The van der Waals surface area contributed by atoms with Crippen LogP contribution >= 0.6 is 0 Å². The van der Waals surface area contributed by atoms with Crippen LogP contribution in [0.3, 0.4) is 0 Å². The van der Waals surface area contributed by atoms with Crippen LogP contribution in [0.4, 0.5) is 0 Å². The SMILES string of the molecule is NC(=O)CCc1cccc(S(N)(=O)=O)n1. The summed E-state index contributed by atoms with van der Waals surface area (Å²) in [5.74, 6) is -0.460. The maximum Gasteiger partial charge on any atom is 0.255 e. The van der Waals surface area contributed by atoms with Gasteiger partial charge in [0.2, 0.25) is 5.91 Å². The van der Waals surface area contributed by atoms with Gasteiger partial charge in [0.1, 0.15) is 0 Å². The molecule has 82 valence electrons. The second kappa shape index (κ2) is 4.37. The van der Waals surface area contributed by atoms with Gasteiger partial charge in [-0.3, -0.25) is 4.79 Å². The molecular weight excluding hydrogens is 218 g/mol. The van der Waals surface area contributed by atoms with Crippen molar-refractivity contribution in [2.24, 2.45) is 10.9 Å². The molecule has 0 unspecified atom stereocenters. The quantitative estimate of drug-likeness (QED) is 0.699. The lowest BCUT2D eigenvalue weighted by atomic mass is 10.2. The molecular formula is C8H11N3O3S. The van der Waals surface area contributed by atoms with Crippen molar-refractivity contribution in [2.75, 3.05) is 0 Å². The Labute approximate surface area is 87.3 Å². The van der Waals surface area contributed by atoms with E-state index in [2.05, 4.69) is 4.98 Å². The van der Waals surface area contributed by atoms with Crippen LogP contribution in [0.5, 0.6) is 0 Å². The first kappa shape index (κ1) is 11.6. The van der Waals surface area contributed by atoms with Crippen LogP contribution < -0.4 is 10.9 Å². The fourth-order valence-electron chi connectivity index (χ4n) is 1.01. The lowest BCUT2D eigenvalue weighted by molar-refractivity contribution is -0.118. The molecule has 4 N–H and O–H groups in total. The Morgan fingerprint density at radius 3 is 2.60 bits per heavy atom. The van der Waals surface area contributed by atoms with E-state index in [1.807, 2.05) is 0 Å². The number of nitrogens with two attached hydrogens (primary N) is 2. The van der Waals surface area contributed by atoms with Gasteiger partial charge in [0.25, 0.3) is 10.0 Å². The minimum Gasteiger partial charge on any atom is -0.370 e. The van der Waals surface area contributed by atoms with E-state index in [1.165, 1.54) is 12.1 Å². The average molecular weight is 229 g/mol. The van der Waals surface area contributed by atoms with E-state index in [9.17, 15) is 13.2 Å². The molecule has 0 spiro atoms. The van der Waals surface area contributed by atoms with Gasteiger partial charge in [-0.1, -0.05) is 6.07 Å². The van der Waals surface area contributed by atoms with Crippen molar-refractivity contribution in [1.29, 1.82) is 0 Å². The van der Waals surface area contributed by atoms with E-state index in [0.717, 1.165) is 0 Å². The van der Waals surface area contributed by atoms with Crippen LogP contribution in [0.15, 0.2) is 23.2 Å². The van der Waals surface area contributed by atoms with Crippen molar-refractivity contribution in [1.82, 2.24) is 4.98 Å². The molecule has 6 nitrogen and oxygen atoms in total. The molecule has 0 saturated heterocycles. The van der Waals surface area contributed by atoms with Gasteiger partial charge in [-0.2, -0.15) is 0 Å². The number of aromatic nitrogens is 1. The van der Waals surface area contributed by atoms with Crippen LogP contribution in [0.25, 0.3) is 0 Å².